The van der Waals surface area contributed by atoms with E-state index in [-0.39, 0.29) is 5.91 Å². The highest BCUT2D eigenvalue weighted by atomic mass is 35.5. The Balaban J connectivity index is 1.47. The lowest BCUT2D eigenvalue weighted by molar-refractivity contribution is 0.0746. The number of benzene rings is 2. The van der Waals surface area contributed by atoms with Crippen LogP contribution in [0.1, 0.15) is 16.2 Å². The molecular formula is C22H21ClN4O. The van der Waals surface area contributed by atoms with Gasteiger partial charge >= 0.3 is 0 Å². The smallest absolute Gasteiger partial charge is 0.253 e. The Bertz CT molecular complexity index is 968. The Morgan fingerprint density at radius 2 is 1.61 bits per heavy atom. The molecule has 28 heavy (non-hydrogen) atoms. The van der Waals surface area contributed by atoms with Crippen LogP contribution in [0.5, 0.6) is 0 Å². The molecule has 0 atom stereocenters. The molecule has 0 saturated carbocycles. The number of piperazine rings is 1. The van der Waals surface area contributed by atoms with Crippen molar-refractivity contribution in [1.29, 1.82) is 0 Å². The maximum Gasteiger partial charge on any atom is 0.253 e. The van der Waals surface area contributed by atoms with Crippen molar-refractivity contribution >= 4 is 23.3 Å². The third-order valence-corrected chi connectivity index (χ3v) is 5.13. The van der Waals surface area contributed by atoms with Crippen LogP contribution in [-0.4, -0.2) is 47.0 Å². The molecule has 4 rings (SSSR count). The first-order valence-corrected chi connectivity index (χ1v) is 9.69. The van der Waals surface area contributed by atoms with Gasteiger partial charge in [0.2, 0.25) is 0 Å². The zero-order valence-electron chi connectivity index (χ0n) is 15.7. The van der Waals surface area contributed by atoms with Crippen LogP contribution in [0.3, 0.4) is 0 Å². The Morgan fingerprint density at radius 1 is 0.929 bits per heavy atom. The molecule has 0 spiro atoms. The number of hydrogen-bond acceptors (Lipinski definition) is 4. The number of aromatic nitrogens is 2. The molecule has 0 bridgehead atoms. The number of hydrogen-bond donors (Lipinski definition) is 0. The highest BCUT2D eigenvalue weighted by molar-refractivity contribution is 6.30. The Labute approximate surface area is 169 Å². The molecule has 1 aliphatic heterocycles. The second-order valence-electron chi connectivity index (χ2n) is 6.81. The highest BCUT2D eigenvalue weighted by Crippen LogP contribution is 2.23. The SMILES string of the molecule is Cc1nc(-c2ccccc2)cc(N2CCN(C(=O)c3ccc(Cl)cc3)CC2)n1. The van der Waals surface area contributed by atoms with Gasteiger partial charge in [-0.05, 0) is 31.2 Å². The number of nitrogens with zero attached hydrogens (tertiary/aromatic N) is 4. The average Bonchev–Trinajstić information content (AvgIpc) is 2.74. The van der Waals surface area contributed by atoms with Gasteiger partial charge in [-0.2, -0.15) is 0 Å². The Kier molecular flexibility index (Phi) is 5.26. The fourth-order valence-corrected chi connectivity index (χ4v) is 3.51. The van der Waals surface area contributed by atoms with Crippen LogP contribution >= 0.6 is 11.6 Å². The van der Waals surface area contributed by atoms with E-state index in [1.54, 1.807) is 24.3 Å². The van der Waals surface area contributed by atoms with Crippen LogP contribution in [0.25, 0.3) is 11.3 Å². The van der Waals surface area contributed by atoms with E-state index in [9.17, 15) is 4.79 Å². The number of amides is 1. The summed E-state index contributed by atoms with van der Waals surface area (Å²) in [5.41, 5.74) is 2.66. The van der Waals surface area contributed by atoms with Crippen LogP contribution < -0.4 is 4.90 Å². The van der Waals surface area contributed by atoms with Gasteiger partial charge in [-0.15, -0.1) is 0 Å². The summed E-state index contributed by atoms with van der Waals surface area (Å²) in [6.07, 6.45) is 0. The number of carbonyl (C=O) groups excluding carboxylic acids is 1. The van der Waals surface area contributed by atoms with Crippen LogP contribution in [0.15, 0.2) is 60.7 Å². The van der Waals surface area contributed by atoms with Gasteiger partial charge in [0, 0.05) is 48.4 Å². The van der Waals surface area contributed by atoms with Crippen LogP contribution in [0, 0.1) is 6.92 Å². The second-order valence-corrected chi connectivity index (χ2v) is 7.25. The third-order valence-electron chi connectivity index (χ3n) is 4.88. The first-order chi connectivity index (χ1) is 13.6. The summed E-state index contributed by atoms with van der Waals surface area (Å²) < 4.78 is 0. The standard InChI is InChI=1S/C22H21ClN4O/c1-16-24-20(17-5-3-2-4-6-17)15-21(25-16)26-11-13-27(14-12-26)22(28)18-7-9-19(23)10-8-18/h2-10,15H,11-14H2,1H3. The minimum atomic E-state index is 0.0418. The molecule has 3 aromatic rings. The summed E-state index contributed by atoms with van der Waals surface area (Å²) in [7, 11) is 0. The van der Waals surface area contributed by atoms with Gasteiger partial charge in [0.15, 0.2) is 0 Å². The van der Waals surface area contributed by atoms with Crippen LogP contribution in [0.4, 0.5) is 5.82 Å². The number of halogens is 1. The molecular weight excluding hydrogens is 372 g/mol. The average molecular weight is 393 g/mol. The van der Waals surface area contributed by atoms with Crippen molar-refractivity contribution < 1.29 is 4.79 Å². The number of carbonyl (C=O) groups is 1. The maximum atomic E-state index is 12.7. The normalized spacial score (nSPS) is 14.2. The second kappa shape index (κ2) is 7.98. The summed E-state index contributed by atoms with van der Waals surface area (Å²) >= 11 is 5.92. The van der Waals surface area contributed by atoms with Crippen molar-refractivity contribution in [2.75, 3.05) is 31.1 Å². The Hall–Kier alpha value is -2.92. The summed E-state index contributed by atoms with van der Waals surface area (Å²) in [6, 6.07) is 19.2. The zero-order chi connectivity index (χ0) is 19.5. The molecule has 0 N–H and O–H groups in total. The van der Waals surface area contributed by atoms with Crippen LogP contribution in [-0.2, 0) is 0 Å². The van der Waals surface area contributed by atoms with E-state index >= 15 is 0 Å². The van der Waals surface area contributed by atoms with Crippen molar-refractivity contribution in [3.8, 4) is 11.3 Å². The topological polar surface area (TPSA) is 49.3 Å². The van der Waals surface area contributed by atoms with E-state index in [1.807, 2.05) is 48.2 Å². The first-order valence-electron chi connectivity index (χ1n) is 9.31. The zero-order valence-corrected chi connectivity index (χ0v) is 16.4. The third kappa shape index (κ3) is 3.99. The van der Waals surface area contributed by atoms with E-state index in [4.69, 9.17) is 11.6 Å². The lowest BCUT2D eigenvalue weighted by Gasteiger charge is -2.35. The monoisotopic (exact) mass is 392 g/mol. The lowest BCUT2D eigenvalue weighted by Crippen LogP contribution is -2.49. The van der Waals surface area contributed by atoms with Crippen molar-refractivity contribution in [3.05, 3.63) is 77.1 Å². The van der Waals surface area contributed by atoms with E-state index in [0.717, 1.165) is 36.0 Å². The molecule has 2 aromatic carbocycles. The fourth-order valence-electron chi connectivity index (χ4n) is 3.38. The van der Waals surface area contributed by atoms with E-state index in [0.29, 0.717) is 23.7 Å². The van der Waals surface area contributed by atoms with Crippen molar-refractivity contribution in [2.45, 2.75) is 6.92 Å². The van der Waals surface area contributed by atoms with Gasteiger partial charge in [-0.3, -0.25) is 4.79 Å². The molecule has 6 heteroatoms. The molecule has 1 fully saturated rings. The minimum Gasteiger partial charge on any atom is -0.353 e. The van der Waals surface area contributed by atoms with Gasteiger partial charge in [-0.1, -0.05) is 41.9 Å². The predicted molar refractivity (Wildman–Crippen MR) is 112 cm³/mol. The molecule has 1 aliphatic rings. The number of aryl methyl sites for hydroxylation is 1. The van der Waals surface area contributed by atoms with Gasteiger partial charge in [0.1, 0.15) is 11.6 Å². The highest BCUT2D eigenvalue weighted by Gasteiger charge is 2.23. The number of rotatable bonds is 3. The minimum absolute atomic E-state index is 0.0418. The summed E-state index contributed by atoms with van der Waals surface area (Å²) in [5, 5.41) is 0.634. The van der Waals surface area contributed by atoms with Crippen molar-refractivity contribution in [3.63, 3.8) is 0 Å². The van der Waals surface area contributed by atoms with Crippen LogP contribution in [0.2, 0.25) is 5.02 Å². The molecule has 1 amide bonds. The molecule has 0 aliphatic carbocycles. The predicted octanol–water partition coefficient (Wildman–Crippen LogP) is 4.07. The molecule has 0 unspecified atom stereocenters. The summed E-state index contributed by atoms with van der Waals surface area (Å²) in [4.78, 5) is 26.0. The summed E-state index contributed by atoms with van der Waals surface area (Å²) in [6.45, 7) is 4.71. The van der Waals surface area contributed by atoms with Crippen molar-refractivity contribution in [2.24, 2.45) is 0 Å². The fraction of sp³-hybridized carbons (Fsp3) is 0.227. The van der Waals surface area contributed by atoms with E-state index < -0.39 is 0 Å². The van der Waals surface area contributed by atoms with Crippen molar-refractivity contribution in [1.82, 2.24) is 14.9 Å². The molecule has 2 heterocycles. The van der Waals surface area contributed by atoms with E-state index in [2.05, 4.69) is 14.9 Å². The largest absolute Gasteiger partial charge is 0.353 e. The molecule has 1 saturated heterocycles. The van der Waals surface area contributed by atoms with Gasteiger partial charge in [-0.25, -0.2) is 9.97 Å². The molecule has 5 nitrogen and oxygen atoms in total. The Morgan fingerprint density at radius 3 is 2.29 bits per heavy atom. The van der Waals surface area contributed by atoms with Gasteiger partial charge in [0.25, 0.3) is 5.91 Å². The van der Waals surface area contributed by atoms with Gasteiger partial charge < -0.3 is 9.80 Å². The number of anilines is 1. The first kappa shape index (κ1) is 18.4. The molecule has 142 valence electrons. The lowest BCUT2D eigenvalue weighted by atomic mass is 10.1. The molecule has 1 aromatic heterocycles. The quantitative estimate of drug-likeness (QED) is 0.674. The molecule has 0 radical (unpaired) electrons. The maximum absolute atomic E-state index is 12.7. The summed E-state index contributed by atoms with van der Waals surface area (Å²) in [5.74, 6) is 1.70. The van der Waals surface area contributed by atoms with Gasteiger partial charge in [0.05, 0.1) is 5.69 Å². The van der Waals surface area contributed by atoms with E-state index in [1.165, 1.54) is 0 Å².